The largest absolute Gasteiger partial charge is 0.497 e. The van der Waals surface area contributed by atoms with Gasteiger partial charge in [0.15, 0.2) is 0 Å². The summed E-state index contributed by atoms with van der Waals surface area (Å²) in [6.45, 7) is 1.04. The molecule has 4 aromatic carbocycles. The maximum Gasteiger partial charge on any atom is 0.232 e. The summed E-state index contributed by atoms with van der Waals surface area (Å²) >= 11 is 0. The third-order valence-corrected chi connectivity index (χ3v) is 6.35. The number of rotatable bonds is 6. The minimum atomic E-state index is 0.0605. The zero-order valence-electron chi connectivity index (χ0n) is 19.2. The molecule has 0 N–H and O–H groups in total. The molecule has 1 aromatic heterocycles. The van der Waals surface area contributed by atoms with Gasteiger partial charge in [-0.1, -0.05) is 60.7 Å². The van der Waals surface area contributed by atoms with Crippen LogP contribution in [0.1, 0.15) is 5.56 Å². The van der Waals surface area contributed by atoms with Crippen molar-refractivity contribution in [2.24, 2.45) is 0 Å². The second-order valence-corrected chi connectivity index (χ2v) is 8.56. The van der Waals surface area contributed by atoms with Gasteiger partial charge in [0, 0.05) is 11.1 Å². The van der Waals surface area contributed by atoms with Crippen LogP contribution in [0.3, 0.4) is 0 Å². The SMILES string of the molecule is COc1ccc(-c2cc(-c3ccc4c(ccc5ccccc54)c3)nc(OCC3CO3)c2C#N)cc1. The third-order valence-electron chi connectivity index (χ3n) is 6.35. The summed E-state index contributed by atoms with van der Waals surface area (Å²) in [5, 5.41) is 14.8. The van der Waals surface area contributed by atoms with E-state index in [1.54, 1.807) is 7.11 Å². The maximum atomic E-state index is 10.0. The Labute approximate surface area is 203 Å². The molecule has 170 valence electrons. The molecular formula is C30H22N2O3. The second kappa shape index (κ2) is 8.75. The number of hydrogen-bond donors (Lipinski definition) is 0. The van der Waals surface area contributed by atoms with Crippen LogP contribution in [0.15, 0.2) is 84.9 Å². The number of hydrogen-bond acceptors (Lipinski definition) is 5. The van der Waals surface area contributed by atoms with E-state index in [0.29, 0.717) is 24.7 Å². The molecule has 5 aromatic rings. The van der Waals surface area contributed by atoms with Gasteiger partial charge in [-0.15, -0.1) is 0 Å². The second-order valence-electron chi connectivity index (χ2n) is 8.56. The molecule has 2 heterocycles. The van der Waals surface area contributed by atoms with E-state index in [4.69, 9.17) is 19.2 Å². The molecule has 35 heavy (non-hydrogen) atoms. The van der Waals surface area contributed by atoms with E-state index in [1.165, 1.54) is 16.2 Å². The van der Waals surface area contributed by atoms with Crippen LogP contribution in [0.4, 0.5) is 0 Å². The first-order valence-electron chi connectivity index (χ1n) is 11.5. The fourth-order valence-electron chi connectivity index (χ4n) is 4.39. The van der Waals surface area contributed by atoms with Crippen molar-refractivity contribution in [3.63, 3.8) is 0 Å². The smallest absolute Gasteiger partial charge is 0.232 e. The van der Waals surface area contributed by atoms with Gasteiger partial charge in [-0.2, -0.15) is 5.26 Å². The van der Waals surface area contributed by atoms with Gasteiger partial charge in [0.2, 0.25) is 5.88 Å². The van der Waals surface area contributed by atoms with Crippen molar-refractivity contribution in [3.05, 3.63) is 90.5 Å². The number of nitrogens with zero attached hydrogens (tertiary/aromatic N) is 2. The minimum absolute atomic E-state index is 0.0605. The molecule has 1 fully saturated rings. The average Bonchev–Trinajstić information content (AvgIpc) is 3.75. The first kappa shape index (κ1) is 21.2. The molecule has 5 heteroatoms. The van der Waals surface area contributed by atoms with E-state index in [0.717, 1.165) is 33.5 Å². The Bertz CT molecular complexity index is 1600. The van der Waals surface area contributed by atoms with Gasteiger partial charge in [-0.25, -0.2) is 4.98 Å². The highest BCUT2D eigenvalue weighted by molar-refractivity contribution is 6.08. The normalized spacial score (nSPS) is 14.6. The molecule has 1 aliphatic rings. The van der Waals surface area contributed by atoms with Gasteiger partial charge in [-0.05, 0) is 51.4 Å². The molecule has 5 nitrogen and oxygen atoms in total. The van der Waals surface area contributed by atoms with Crippen LogP contribution in [0.25, 0.3) is 43.9 Å². The van der Waals surface area contributed by atoms with Gasteiger partial charge >= 0.3 is 0 Å². The van der Waals surface area contributed by atoms with Crippen LogP contribution in [0.5, 0.6) is 11.6 Å². The van der Waals surface area contributed by atoms with Crippen molar-refractivity contribution in [2.75, 3.05) is 20.3 Å². The molecule has 1 saturated heterocycles. The van der Waals surface area contributed by atoms with Crippen LogP contribution in [0, 0.1) is 11.3 Å². The number of ether oxygens (including phenoxy) is 3. The predicted molar refractivity (Wildman–Crippen MR) is 137 cm³/mol. The van der Waals surface area contributed by atoms with Gasteiger partial charge in [0.05, 0.1) is 19.4 Å². The van der Waals surface area contributed by atoms with Crippen LogP contribution >= 0.6 is 0 Å². The zero-order valence-corrected chi connectivity index (χ0v) is 19.2. The summed E-state index contributed by atoms with van der Waals surface area (Å²) < 4.78 is 16.6. The van der Waals surface area contributed by atoms with Gasteiger partial charge in [0.25, 0.3) is 0 Å². The van der Waals surface area contributed by atoms with Crippen LogP contribution in [-0.4, -0.2) is 31.4 Å². The highest BCUT2D eigenvalue weighted by Crippen LogP contribution is 2.36. The van der Waals surface area contributed by atoms with Crippen LogP contribution in [0.2, 0.25) is 0 Å². The van der Waals surface area contributed by atoms with E-state index >= 15 is 0 Å². The molecule has 0 spiro atoms. The highest BCUT2D eigenvalue weighted by Gasteiger charge is 2.25. The molecule has 1 unspecified atom stereocenters. The fraction of sp³-hybridized carbons (Fsp3) is 0.133. The van der Waals surface area contributed by atoms with Crippen LogP contribution in [-0.2, 0) is 4.74 Å². The van der Waals surface area contributed by atoms with Gasteiger partial charge in [0.1, 0.15) is 30.1 Å². The third kappa shape index (κ3) is 4.05. The lowest BCUT2D eigenvalue weighted by molar-refractivity contribution is 0.255. The monoisotopic (exact) mass is 458 g/mol. The Morgan fingerprint density at radius 3 is 2.43 bits per heavy atom. The summed E-state index contributed by atoms with van der Waals surface area (Å²) in [6, 6.07) is 30.9. The molecule has 1 atom stereocenters. The number of pyridine rings is 1. The van der Waals surface area contributed by atoms with Gasteiger partial charge < -0.3 is 14.2 Å². The van der Waals surface area contributed by atoms with Crippen molar-refractivity contribution in [1.82, 2.24) is 4.98 Å². The topological polar surface area (TPSA) is 67.7 Å². The van der Waals surface area contributed by atoms with Crippen molar-refractivity contribution < 1.29 is 14.2 Å². The predicted octanol–water partition coefficient (Wildman–Crippen LogP) is 6.38. The first-order chi connectivity index (χ1) is 17.2. The molecule has 0 radical (unpaired) electrons. The first-order valence-corrected chi connectivity index (χ1v) is 11.5. The maximum absolute atomic E-state index is 10.0. The Hall–Kier alpha value is -4.40. The summed E-state index contributed by atoms with van der Waals surface area (Å²) in [4.78, 5) is 4.78. The number of fused-ring (bicyclic) bond motifs is 3. The highest BCUT2D eigenvalue weighted by atomic mass is 16.6. The van der Waals surface area contributed by atoms with Gasteiger partial charge in [-0.3, -0.25) is 0 Å². The number of epoxide rings is 1. The molecule has 1 aliphatic heterocycles. The number of aromatic nitrogens is 1. The lowest BCUT2D eigenvalue weighted by atomic mass is 9.96. The van der Waals surface area contributed by atoms with E-state index in [1.807, 2.05) is 30.3 Å². The Kier molecular flexibility index (Phi) is 5.29. The molecule has 6 rings (SSSR count). The zero-order chi connectivity index (χ0) is 23.8. The number of nitriles is 1. The average molecular weight is 459 g/mol. The van der Waals surface area contributed by atoms with Crippen molar-refractivity contribution in [2.45, 2.75) is 6.10 Å². The van der Waals surface area contributed by atoms with Crippen LogP contribution < -0.4 is 9.47 Å². The van der Waals surface area contributed by atoms with E-state index in [-0.39, 0.29) is 6.10 Å². The number of benzene rings is 4. The molecular weight excluding hydrogens is 436 g/mol. The lowest BCUT2D eigenvalue weighted by Crippen LogP contribution is -2.08. The lowest BCUT2D eigenvalue weighted by Gasteiger charge is -2.14. The minimum Gasteiger partial charge on any atom is -0.497 e. The molecule has 0 bridgehead atoms. The Morgan fingerprint density at radius 1 is 0.914 bits per heavy atom. The fourth-order valence-corrected chi connectivity index (χ4v) is 4.39. The van der Waals surface area contributed by atoms with Crippen molar-refractivity contribution in [1.29, 1.82) is 5.26 Å². The summed E-state index contributed by atoms with van der Waals surface area (Å²) in [7, 11) is 1.63. The standard InChI is InChI=1S/C30H22N2O3/c1-33-23-11-8-20(9-12-23)27-15-29(32-30(28(27)16-31)35-18-24-17-34-24)22-10-13-26-21(14-22)7-6-19-4-2-3-5-25(19)26/h2-15,24H,17-18H2,1H3. The number of methoxy groups -OCH3 is 1. The quantitative estimate of drug-likeness (QED) is 0.218. The van der Waals surface area contributed by atoms with E-state index in [2.05, 4.69) is 60.7 Å². The van der Waals surface area contributed by atoms with Crippen molar-refractivity contribution in [3.8, 4) is 40.1 Å². The Morgan fingerprint density at radius 2 is 1.66 bits per heavy atom. The summed E-state index contributed by atoms with van der Waals surface area (Å²) in [5.74, 6) is 1.08. The summed E-state index contributed by atoms with van der Waals surface area (Å²) in [6.07, 6.45) is 0.0605. The molecule has 0 aliphatic carbocycles. The van der Waals surface area contributed by atoms with Crippen molar-refractivity contribution >= 4 is 21.5 Å². The van der Waals surface area contributed by atoms with E-state index < -0.39 is 0 Å². The van der Waals surface area contributed by atoms with E-state index in [9.17, 15) is 5.26 Å². The Balaban J connectivity index is 1.50. The molecule has 0 amide bonds. The summed E-state index contributed by atoms with van der Waals surface area (Å²) in [5.41, 5.74) is 3.78. The molecule has 0 saturated carbocycles.